The van der Waals surface area contributed by atoms with Crippen molar-refractivity contribution in [3.05, 3.63) is 48.3 Å². The molecule has 18 heavy (non-hydrogen) atoms. The van der Waals surface area contributed by atoms with Gasteiger partial charge >= 0.3 is 0 Å². The van der Waals surface area contributed by atoms with Gasteiger partial charge in [0.15, 0.2) is 0 Å². The maximum absolute atomic E-state index is 4.55. The molecule has 2 aromatic heterocycles. The number of benzene rings is 1. The van der Waals surface area contributed by atoms with Crippen LogP contribution in [0.2, 0.25) is 0 Å². The van der Waals surface area contributed by atoms with Crippen molar-refractivity contribution in [2.75, 3.05) is 5.32 Å². The molecule has 0 unspecified atom stereocenters. The fourth-order valence-electron chi connectivity index (χ4n) is 2.84. The summed E-state index contributed by atoms with van der Waals surface area (Å²) in [6.07, 6.45) is 1.86. The van der Waals surface area contributed by atoms with E-state index in [4.69, 9.17) is 0 Å². The Labute approximate surface area is 105 Å². The second-order valence-electron chi connectivity index (χ2n) is 4.65. The average Bonchev–Trinajstić information content (AvgIpc) is 2.73. The fraction of sp³-hybridized carbons (Fsp3) is 0.133. The van der Waals surface area contributed by atoms with E-state index in [0.717, 1.165) is 17.9 Å². The van der Waals surface area contributed by atoms with Crippen molar-refractivity contribution in [3.63, 3.8) is 0 Å². The second kappa shape index (κ2) is 3.35. The first-order valence-electron chi connectivity index (χ1n) is 6.12. The number of anilines is 1. The summed E-state index contributed by atoms with van der Waals surface area (Å²) in [5.41, 5.74) is 6.05. The van der Waals surface area contributed by atoms with Gasteiger partial charge in [0.2, 0.25) is 0 Å². The minimum atomic E-state index is 0.860. The Hall–Kier alpha value is -2.29. The molecule has 1 aliphatic heterocycles. The zero-order valence-corrected chi connectivity index (χ0v) is 10.1. The summed E-state index contributed by atoms with van der Waals surface area (Å²) in [7, 11) is 2.12. The first-order valence-corrected chi connectivity index (χ1v) is 6.12. The third-order valence-corrected chi connectivity index (χ3v) is 3.72. The van der Waals surface area contributed by atoms with Gasteiger partial charge in [0.25, 0.3) is 0 Å². The highest BCUT2D eigenvalue weighted by molar-refractivity contribution is 6.01. The van der Waals surface area contributed by atoms with E-state index in [1.54, 1.807) is 0 Å². The number of pyridine rings is 1. The molecular weight excluding hydrogens is 222 g/mol. The van der Waals surface area contributed by atoms with E-state index >= 15 is 0 Å². The molecule has 0 atom stereocenters. The lowest BCUT2D eigenvalue weighted by atomic mass is 10.0. The molecule has 3 heteroatoms. The SMILES string of the molecule is Cn1c2c(c3ccccc31)-c1ncccc1NC2. The van der Waals surface area contributed by atoms with Gasteiger partial charge in [-0.2, -0.15) is 0 Å². The highest BCUT2D eigenvalue weighted by Gasteiger charge is 2.23. The molecule has 4 rings (SSSR count). The Morgan fingerprint density at radius 2 is 2.06 bits per heavy atom. The zero-order chi connectivity index (χ0) is 12.1. The Morgan fingerprint density at radius 1 is 1.17 bits per heavy atom. The van der Waals surface area contributed by atoms with Crippen LogP contribution in [0.25, 0.3) is 22.2 Å². The Balaban J connectivity index is 2.18. The first kappa shape index (κ1) is 9.71. The summed E-state index contributed by atoms with van der Waals surface area (Å²) < 4.78 is 2.26. The molecule has 3 nitrogen and oxygen atoms in total. The number of hydrogen-bond acceptors (Lipinski definition) is 2. The molecule has 0 radical (unpaired) electrons. The summed E-state index contributed by atoms with van der Waals surface area (Å²) in [4.78, 5) is 4.55. The van der Waals surface area contributed by atoms with Gasteiger partial charge in [0.1, 0.15) is 0 Å². The van der Waals surface area contributed by atoms with E-state index in [9.17, 15) is 0 Å². The van der Waals surface area contributed by atoms with E-state index in [0.29, 0.717) is 0 Å². The van der Waals surface area contributed by atoms with Crippen LogP contribution in [0, 0.1) is 0 Å². The molecule has 0 aliphatic carbocycles. The summed E-state index contributed by atoms with van der Waals surface area (Å²) >= 11 is 0. The van der Waals surface area contributed by atoms with Crippen LogP contribution >= 0.6 is 0 Å². The Morgan fingerprint density at radius 3 is 3.00 bits per heavy atom. The quantitative estimate of drug-likeness (QED) is 0.648. The molecule has 0 bridgehead atoms. The molecular formula is C15H13N3. The van der Waals surface area contributed by atoms with Crippen LogP contribution in [0.4, 0.5) is 5.69 Å². The van der Waals surface area contributed by atoms with Crippen LogP contribution in [0.5, 0.6) is 0 Å². The van der Waals surface area contributed by atoms with Crippen molar-refractivity contribution in [2.45, 2.75) is 6.54 Å². The van der Waals surface area contributed by atoms with Crippen molar-refractivity contribution < 1.29 is 0 Å². The second-order valence-corrected chi connectivity index (χ2v) is 4.65. The first-order chi connectivity index (χ1) is 8.86. The van der Waals surface area contributed by atoms with Crippen molar-refractivity contribution in [1.29, 1.82) is 0 Å². The predicted molar refractivity (Wildman–Crippen MR) is 73.5 cm³/mol. The monoisotopic (exact) mass is 235 g/mol. The summed E-state index contributed by atoms with van der Waals surface area (Å²) in [5.74, 6) is 0. The van der Waals surface area contributed by atoms with Gasteiger partial charge in [-0.05, 0) is 18.2 Å². The van der Waals surface area contributed by atoms with Gasteiger partial charge in [-0.25, -0.2) is 0 Å². The van der Waals surface area contributed by atoms with Crippen LogP contribution in [0.3, 0.4) is 0 Å². The maximum atomic E-state index is 4.55. The van der Waals surface area contributed by atoms with Gasteiger partial charge < -0.3 is 9.88 Å². The summed E-state index contributed by atoms with van der Waals surface area (Å²) in [5, 5.41) is 4.73. The summed E-state index contributed by atoms with van der Waals surface area (Å²) in [6.45, 7) is 0.860. The molecule has 3 heterocycles. The number of nitrogens with zero attached hydrogens (tertiary/aromatic N) is 2. The van der Waals surface area contributed by atoms with Crippen molar-refractivity contribution in [3.8, 4) is 11.3 Å². The van der Waals surface area contributed by atoms with Crippen LogP contribution < -0.4 is 5.32 Å². The van der Waals surface area contributed by atoms with E-state index in [2.05, 4.69) is 52.2 Å². The molecule has 3 aromatic rings. The van der Waals surface area contributed by atoms with E-state index in [-0.39, 0.29) is 0 Å². The lowest BCUT2D eigenvalue weighted by Crippen LogP contribution is -2.11. The van der Waals surface area contributed by atoms with Crippen molar-refractivity contribution in [2.24, 2.45) is 7.05 Å². The average molecular weight is 235 g/mol. The molecule has 0 fully saturated rings. The van der Waals surface area contributed by atoms with Gasteiger partial charge in [-0.3, -0.25) is 4.98 Å². The highest BCUT2D eigenvalue weighted by atomic mass is 15.0. The van der Waals surface area contributed by atoms with E-state index in [1.807, 2.05) is 12.3 Å². The normalized spacial score (nSPS) is 12.9. The molecule has 0 saturated heterocycles. The number of fused-ring (bicyclic) bond motifs is 5. The van der Waals surface area contributed by atoms with Crippen LogP contribution in [0.15, 0.2) is 42.6 Å². The molecule has 0 spiro atoms. The Bertz CT molecular complexity index is 756. The van der Waals surface area contributed by atoms with Crippen LogP contribution in [0.1, 0.15) is 5.69 Å². The molecule has 0 amide bonds. The van der Waals surface area contributed by atoms with Crippen LogP contribution in [-0.2, 0) is 13.6 Å². The fourth-order valence-corrected chi connectivity index (χ4v) is 2.84. The number of hydrogen-bond donors (Lipinski definition) is 1. The molecule has 1 aromatic carbocycles. The third kappa shape index (κ3) is 1.11. The zero-order valence-electron chi connectivity index (χ0n) is 10.1. The predicted octanol–water partition coefficient (Wildman–Crippen LogP) is 3.17. The minimum Gasteiger partial charge on any atom is -0.378 e. The van der Waals surface area contributed by atoms with E-state index in [1.165, 1.54) is 22.2 Å². The lowest BCUT2D eigenvalue weighted by molar-refractivity contribution is 0.865. The number of para-hydroxylation sites is 1. The van der Waals surface area contributed by atoms with Crippen molar-refractivity contribution in [1.82, 2.24) is 9.55 Å². The topological polar surface area (TPSA) is 29.9 Å². The van der Waals surface area contributed by atoms with Crippen molar-refractivity contribution >= 4 is 16.6 Å². The van der Waals surface area contributed by atoms with Gasteiger partial charge in [0.05, 0.1) is 17.9 Å². The standard InChI is InChI=1S/C15H13N3/c1-18-12-7-3-2-5-10(12)14-13(18)9-17-11-6-4-8-16-15(11)14/h2-8,17H,9H2,1H3. The van der Waals surface area contributed by atoms with E-state index < -0.39 is 0 Å². The van der Waals surface area contributed by atoms with Gasteiger partial charge in [-0.15, -0.1) is 0 Å². The molecule has 1 aliphatic rings. The third-order valence-electron chi connectivity index (χ3n) is 3.72. The number of rotatable bonds is 0. The number of aromatic nitrogens is 2. The van der Waals surface area contributed by atoms with Gasteiger partial charge in [-0.1, -0.05) is 18.2 Å². The number of aryl methyl sites for hydroxylation is 1. The summed E-state index contributed by atoms with van der Waals surface area (Å²) in [6, 6.07) is 12.6. The lowest BCUT2D eigenvalue weighted by Gasteiger charge is -2.18. The Kier molecular flexibility index (Phi) is 1.81. The van der Waals surface area contributed by atoms with Gasteiger partial charge in [0, 0.05) is 35.4 Å². The highest BCUT2D eigenvalue weighted by Crippen LogP contribution is 2.39. The maximum Gasteiger partial charge on any atom is 0.0958 e. The smallest absolute Gasteiger partial charge is 0.0958 e. The molecule has 88 valence electrons. The molecule has 1 N–H and O–H groups in total. The minimum absolute atomic E-state index is 0.860. The van der Waals surface area contributed by atoms with Crippen LogP contribution in [-0.4, -0.2) is 9.55 Å². The number of nitrogens with one attached hydrogen (secondary N) is 1. The largest absolute Gasteiger partial charge is 0.378 e. The molecule has 0 saturated carbocycles.